The molecule has 16 heavy (non-hydrogen) atoms. The fraction of sp³-hybridized carbons (Fsp3) is 0.364. The number of hydrogen-bond donors (Lipinski definition) is 1. The average Bonchev–Trinajstić information content (AvgIpc) is 2.87. The zero-order chi connectivity index (χ0) is 11.7. The van der Waals surface area contributed by atoms with Gasteiger partial charge in [0.15, 0.2) is 0 Å². The molecule has 0 aliphatic heterocycles. The second-order valence-corrected chi connectivity index (χ2v) is 4.99. The van der Waals surface area contributed by atoms with Gasteiger partial charge in [0.25, 0.3) is 0 Å². The van der Waals surface area contributed by atoms with E-state index in [-0.39, 0.29) is 6.04 Å². The molecule has 2 heterocycles. The van der Waals surface area contributed by atoms with Crippen LogP contribution >= 0.6 is 22.9 Å². The minimum absolute atomic E-state index is 0.175. The molecule has 2 aromatic rings. The Morgan fingerprint density at radius 1 is 1.62 bits per heavy atom. The molecule has 2 rings (SSSR count). The van der Waals surface area contributed by atoms with Crippen LogP contribution in [0.2, 0.25) is 5.02 Å². The van der Waals surface area contributed by atoms with E-state index in [1.807, 2.05) is 30.1 Å². The van der Waals surface area contributed by atoms with E-state index in [4.69, 9.17) is 17.3 Å². The quantitative estimate of drug-likeness (QED) is 0.916. The summed E-state index contributed by atoms with van der Waals surface area (Å²) in [6.45, 7) is 4.89. The Balaban J connectivity index is 2.31. The van der Waals surface area contributed by atoms with Crippen molar-refractivity contribution in [2.45, 2.75) is 26.4 Å². The second-order valence-electron chi connectivity index (χ2n) is 3.70. The SMILES string of the molecule is CCn1cc(C(N)c2scc(C)c2Cl)cn1. The van der Waals surface area contributed by atoms with E-state index in [1.54, 1.807) is 17.5 Å². The maximum Gasteiger partial charge on any atom is 0.0692 e. The third-order valence-electron chi connectivity index (χ3n) is 2.54. The number of aromatic nitrogens is 2. The normalized spacial score (nSPS) is 13.0. The molecule has 0 saturated heterocycles. The number of hydrogen-bond acceptors (Lipinski definition) is 3. The van der Waals surface area contributed by atoms with Crippen LogP contribution in [-0.4, -0.2) is 9.78 Å². The molecule has 0 spiro atoms. The number of aryl methyl sites for hydroxylation is 2. The van der Waals surface area contributed by atoms with Gasteiger partial charge in [-0.15, -0.1) is 11.3 Å². The lowest BCUT2D eigenvalue weighted by Crippen LogP contribution is -2.10. The minimum Gasteiger partial charge on any atom is -0.319 e. The van der Waals surface area contributed by atoms with Gasteiger partial charge in [-0.25, -0.2) is 0 Å². The zero-order valence-corrected chi connectivity index (χ0v) is 10.8. The van der Waals surface area contributed by atoms with Crippen LogP contribution in [0.1, 0.15) is 29.0 Å². The van der Waals surface area contributed by atoms with E-state index in [2.05, 4.69) is 5.10 Å². The van der Waals surface area contributed by atoms with Crippen LogP contribution in [0.25, 0.3) is 0 Å². The summed E-state index contributed by atoms with van der Waals surface area (Å²) in [5, 5.41) is 7.02. The number of nitrogens with zero attached hydrogens (tertiary/aromatic N) is 2. The Bertz CT molecular complexity index is 489. The van der Waals surface area contributed by atoms with Gasteiger partial charge in [0.2, 0.25) is 0 Å². The molecule has 0 radical (unpaired) electrons. The Hall–Kier alpha value is -0.840. The highest BCUT2D eigenvalue weighted by atomic mass is 35.5. The Kier molecular flexibility index (Phi) is 3.33. The van der Waals surface area contributed by atoms with Gasteiger partial charge in [-0.05, 0) is 24.8 Å². The first kappa shape index (κ1) is 11.6. The summed E-state index contributed by atoms with van der Waals surface area (Å²) < 4.78 is 1.86. The maximum atomic E-state index is 6.20. The maximum absolute atomic E-state index is 6.20. The molecule has 0 amide bonds. The molecular weight excluding hydrogens is 242 g/mol. The molecule has 86 valence electrons. The van der Waals surface area contributed by atoms with Gasteiger partial charge in [-0.2, -0.15) is 5.10 Å². The Labute approximate surface area is 104 Å². The van der Waals surface area contributed by atoms with Crippen molar-refractivity contribution in [3.05, 3.63) is 38.8 Å². The molecule has 2 aromatic heterocycles. The number of halogens is 1. The average molecular weight is 256 g/mol. The van der Waals surface area contributed by atoms with Crippen LogP contribution in [-0.2, 0) is 6.54 Å². The molecule has 0 aliphatic carbocycles. The summed E-state index contributed by atoms with van der Waals surface area (Å²) in [4.78, 5) is 1.01. The summed E-state index contributed by atoms with van der Waals surface area (Å²) in [7, 11) is 0. The predicted octanol–water partition coefficient (Wildman–Crippen LogP) is 2.97. The largest absolute Gasteiger partial charge is 0.319 e. The fourth-order valence-corrected chi connectivity index (χ4v) is 2.86. The summed E-state index contributed by atoms with van der Waals surface area (Å²) in [5.41, 5.74) is 8.26. The minimum atomic E-state index is -0.175. The van der Waals surface area contributed by atoms with Gasteiger partial charge in [-0.3, -0.25) is 4.68 Å². The van der Waals surface area contributed by atoms with Crippen molar-refractivity contribution < 1.29 is 0 Å². The molecule has 5 heteroatoms. The molecular formula is C11H14ClN3S. The second kappa shape index (κ2) is 4.57. The highest BCUT2D eigenvalue weighted by Gasteiger charge is 2.17. The van der Waals surface area contributed by atoms with Crippen molar-refractivity contribution in [2.24, 2.45) is 5.73 Å². The van der Waals surface area contributed by atoms with Crippen molar-refractivity contribution in [1.29, 1.82) is 0 Å². The third kappa shape index (κ3) is 2.00. The van der Waals surface area contributed by atoms with E-state index in [9.17, 15) is 0 Å². The van der Waals surface area contributed by atoms with Crippen LogP contribution in [0.5, 0.6) is 0 Å². The molecule has 0 aromatic carbocycles. The summed E-state index contributed by atoms with van der Waals surface area (Å²) in [6.07, 6.45) is 3.77. The van der Waals surface area contributed by atoms with Crippen molar-refractivity contribution in [1.82, 2.24) is 9.78 Å². The smallest absolute Gasteiger partial charge is 0.0692 e. The Morgan fingerprint density at radius 3 is 2.88 bits per heavy atom. The van der Waals surface area contributed by atoms with Gasteiger partial charge in [0.1, 0.15) is 0 Å². The van der Waals surface area contributed by atoms with E-state index in [0.717, 1.165) is 27.6 Å². The van der Waals surface area contributed by atoms with Crippen LogP contribution < -0.4 is 5.73 Å². The predicted molar refractivity (Wildman–Crippen MR) is 68.0 cm³/mol. The lowest BCUT2D eigenvalue weighted by atomic mass is 10.1. The van der Waals surface area contributed by atoms with Crippen molar-refractivity contribution in [3.8, 4) is 0 Å². The molecule has 0 saturated carbocycles. The van der Waals surface area contributed by atoms with E-state index >= 15 is 0 Å². The molecule has 1 unspecified atom stereocenters. The molecule has 2 N–H and O–H groups in total. The summed E-state index contributed by atoms with van der Waals surface area (Å²) in [5.74, 6) is 0. The van der Waals surface area contributed by atoms with E-state index in [1.165, 1.54) is 0 Å². The van der Waals surface area contributed by atoms with Crippen LogP contribution in [0.15, 0.2) is 17.8 Å². The van der Waals surface area contributed by atoms with E-state index < -0.39 is 0 Å². The van der Waals surface area contributed by atoms with Gasteiger partial charge < -0.3 is 5.73 Å². The highest BCUT2D eigenvalue weighted by Crippen LogP contribution is 2.34. The molecule has 1 atom stereocenters. The van der Waals surface area contributed by atoms with Crippen molar-refractivity contribution >= 4 is 22.9 Å². The van der Waals surface area contributed by atoms with Gasteiger partial charge in [-0.1, -0.05) is 11.6 Å². The van der Waals surface area contributed by atoms with E-state index in [0.29, 0.717) is 0 Å². The van der Waals surface area contributed by atoms with Gasteiger partial charge in [0, 0.05) is 23.2 Å². The highest BCUT2D eigenvalue weighted by molar-refractivity contribution is 7.10. The summed E-state index contributed by atoms with van der Waals surface area (Å²) in [6, 6.07) is -0.175. The van der Waals surface area contributed by atoms with Crippen LogP contribution in [0.3, 0.4) is 0 Å². The lowest BCUT2D eigenvalue weighted by Gasteiger charge is -2.07. The topological polar surface area (TPSA) is 43.8 Å². The summed E-state index contributed by atoms with van der Waals surface area (Å²) >= 11 is 7.80. The first-order chi connectivity index (χ1) is 7.63. The first-order valence-electron chi connectivity index (χ1n) is 5.15. The molecule has 3 nitrogen and oxygen atoms in total. The fourth-order valence-electron chi connectivity index (χ4n) is 1.52. The van der Waals surface area contributed by atoms with Crippen molar-refractivity contribution in [2.75, 3.05) is 0 Å². The standard InChI is InChI=1S/C11H14ClN3S/c1-3-15-5-8(4-14-15)10(13)11-9(12)7(2)6-16-11/h4-6,10H,3,13H2,1-2H3. The van der Waals surface area contributed by atoms with Crippen LogP contribution in [0.4, 0.5) is 0 Å². The number of thiophene rings is 1. The zero-order valence-electron chi connectivity index (χ0n) is 9.27. The number of rotatable bonds is 3. The van der Waals surface area contributed by atoms with Gasteiger partial charge >= 0.3 is 0 Å². The molecule has 0 bridgehead atoms. The molecule has 0 aliphatic rings. The Morgan fingerprint density at radius 2 is 2.38 bits per heavy atom. The van der Waals surface area contributed by atoms with Gasteiger partial charge in [0.05, 0.1) is 17.3 Å². The third-order valence-corrected chi connectivity index (χ3v) is 4.34. The lowest BCUT2D eigenvalue weighted by molar-refractivity contribution is 0.658. The monoisotopic (exact) mass is 255 g/mol. The van der Waals surface area contributed by atoms with Crippen LogP contribution in [0, 0.1) is 6.92 Å². The number of nitrogens with two attached hydrogens (primary N) is 1. The van der Waals surface area contributed by atoms with Crippen molar-refractivity contribution in [3.63, 3.8) is 0 Å². The first-order valence-corrected chi connectivity index (χ1v) is 6.40. The molecule has 0 fully saturated rings.